The molecule has 1 saturated heterocycles. The largest absolute Gasteiger partial charge is 0.381 e. The van der Waals surface area contributed by atoms with Crippen LogP contribution in [0.1, 0.15) is 62.0 Å². The Bertz CT molecular complexity index is 661. The van der Waals surface area contributed by atoms with Gasteiger partial charge in [0.1, 0.15) is 18.5 Å². The number of ether oxygens (including phenoxy) is 1. The summed E-state index contributed by atoms with van der Waals surface area (Å²) in [5.74, 6) is 2.20. The molecule has 1 atom stereocenters. The lowest BCUT2D eigenvalue weighted by Gasteiger charge is -2.24. The van der Waals surface area contributed by atoms with Crippen LogP contribution < -0.4 is 5.32 Å². The summed E-state index contributed by atoms with van der Waals surface area (Å²) in [7, 11) is 0. The summed E-state index contributed by atoms with van der Waals surface area (Å²) in [5, 5.41) is 11.8. The van der Waals surface area contributed by atoms with Crippen molar-refractivity contribution >= 4 is 5.82 Å². The minimum absolute atomic E-state index is 0.388. The maximum atomic E-state index is 5.45. The van der Waals surface area contributed by atoms with E-state index in [1.165, 1.54) is 32.1 Å². The molecule has 0 bridgehead atoms. The average Bonchev–Trinajstić information content (AvgIpc) is 3.33. The number of nitrogens with zero attached hydrogens (tertiary/aromatic N) is 5. The van der Waals surface area contributed by atoms with Crippen LogP contribution in [0, 0.1) is 0 Å². The summed E-state index contributed by atoms with van der Waals surface area (Å²) in [6, 6.07) is 2.57. The van der Waals surface area contributed by atoms with Crippen LogP contribution in [0.5, 0.6) is 0 Å². The van der Waals surface area contributed by atoms with Gasteiger partial charge in [-0.15, -0.1) is 10.2 Å². The van der Waals surface area contributed by atoms with E-state index >= 15 is 0 Å². The lowest BCUT2D eigenvalue weighted by Crippen LogP contribution is -2.17. The summed E-state index contributed by atoms with van der Waals surface area (Å²) in [6.45, 7) is 2.21. The van der Waals surface area contributed by atoms with Crippen molar-refractivity contribution in [1.29, 1.82) is 0 Å². The molecule has 1 aliphatic carbocycles. The molecule has 0 amide bonds. The van der Waals surface area contributed by atoms with E-state index in [4.69, 9.17) is 4.74 Å². The van der Waals surface area contributed by atoms with Crippen molar-refractivity contribution in [3.05, 3.63) is 30.2 Å². The molecule has 1 N–H and O–H groups in total. The quantitative estimate of drug-likeness (QED) is 0.909. The molecule has 0 unspecified atom stereocenters. The molecule has 2 fully saturated rings. The number of anilines is 1. The Balaban J connectivity index is 1.42. The highest BCUT2D eigenvalue weighted by Gasteiger charge is 2.20. The smallest absolute Gasteiger partial charge is 0.152 e. The molecule has 4 rings (SSSR count). The van der Waals surface area contributed by atoms with Crippen LogP contribution in [0.25, 0.3) is 0 Å². The highest BCUT2D eigenvalue weighted by Crippen LogP contribution is 2.29. The molecular formula is C17H24N6O. The Hall–Kier alpha value is -2.02. The highest BCUT2D eigenvalue weighted by atomic mass is 16.5. The summed E-state index contributed by atoms with van der Waals surface area (Å²) >= 11 is 0. The summed E-state index contributed by atoms with van der Waals surface area (Å²) in [5.41, 5.74) is 1.05. The summed E-state index contributed by atoms with van der Waals surface area (Å²) < 4.78 is 7.69. The maximum Gasteiger partial charge on any atom is 0.152 e. The molecule has 2 aromatic rings. The summed E-state index contributed by atoms with van der Waals surface area (Å²) in [4.78, 5) is 8.73. The molecule has 2 aromatic heterocycles. The van der Waals surface area contributed by atoms with Crippen molar-refractivity contribution in [1.82, 2.24) is 24.7 Å². The first-order valence-electron chi connectivity index (χ1n) is 8.92. The normalized spacial score (nSPS) is 21.9. The Morgan fingerprint density at radius 1 is 1.17 bits per heavy atom. The van der Waals surface area contributed by atoms with Gasteiger partial charge >= 0.3 is 0 Å². The van der Waals surface area contributed by atoms with E-state index in [0.29, 0.717) is 18.5 Å². The second-order valence-corrected chi connectivity index (χ2v) is 6.69. The molecular weight excluding hydrogens is 304 g/mol. The fourth-order valence-electron chi connectivity index (χ4n) is 3.69. The molecule has 0 radical (unpaired) electrons. The molecule has 0 aromatic carbocycles. The van der Waals surface area contributed by atoms with Crippen molar-refractivity contribution < 1.29 is 4.74 Å². The molecule has 2 aliphatic rings. The Labute approximate surface area is 141 Å². The monoisotopic (exact) mass is 328 g/mol. The Morgan fingerprint density at radius 2 is 2.08 bits per heavy atom. The van der Waals surface area contributed by atoms with E-state index in [1.54, 1.807) is 6.33 Å². The van der Waals surface area contributed by atoms with Crippen molar-refractivity contribution in [3.63, 3.8) is 0 Å². The fourth-order valence-corrected chi connectivity index (χ4v) is 3.69. The number of nitrogens with one attached hydrogen (secondary N) is 1. The zero-order chi connectivity index (χ0) is 16.2. The predicted octanol–water partition coefficient (Wildman–Crippen LogP) is 2.69. The molecule has 0 spiro atoms. The molecule has 3 heterocycles. The second-order valence-electron chi connectivity index (χ2n) is 6.69. The van der Waals surface area contributed by atoms with Gasteiger partial charge in [-0.1, -0.05) is 19.3 Å². The van der Waals surface area contributed by atoms with Gasteiger partial charge in [-0.3, -0.25) is 0 Å². The van der Waals surface area contributed by atoms with E-state index in [2.05, 4.69) is 30.0 Å². The standard InChI is InChI=1S/C17H24N6O/c1-2-4-14(5-3-1)23-12-21-22-17(23)9-18-16-8-15(19-11-20-16)13-6-7-24-10-13/h8,11-14H,1-7,9-10H2,(H,18,19,20)/t13-/m0/s1. The lowest BCUT2D eigenvalue weighted by molar-refractivity contribution is 0.193. The van der Waals surface area contributed by atoms with Crippen LogP contribution in [0.4, 0.5) is 5.82 Å². The molecule has 1 aliphatic heterocycles. The van der Waals surface area contributed by atoms with Gasteiger partial charge in [0.05, 0.1) is 18.8 Å². The molecule has 7 nitrogen and oxygen atoms in total. The van der Waals surface area contributed by atoms with Gasteiger partial charge < -0.3 is 14.6 Å². The molecule has 24 heavy (non-hydrogen) atoms. The SMILES string of the molecule is c1nc(NCc2nncn2C2CCCCC2)cc([C@H]2CCOC2)n1. The first kappa shape index (κ1) is 15.5. The maximum absolute atomic E-state index is 5.45. The van der Waals surface area contributed by atoms with E-state index in [-0.39, 0.29) is 0 Å². The van der Waals surface area contributed by atoms with Crippen LogP contribution in [0.2, 0.25) is 0 Å². The third kappa shape index (κ3) is 3.40. The van der Waals surface area contributed by atoms with Gasteiger partial charge in [0.15, 0.2) is 5.82 Å². The third-order valence-corrected chi connectivity index (χ3v) is 5.08. The van der Waals surface area contributed by atoms with E-state index in [1.807, 2.05) is 12.4 Å². The van der Waals surface area contributed by atoms with Gasteiger partial charge in [-0.2, -0.15) is 0 Å². The van der Waals surface area contributed by atoms with Crippen molar-refractivity contribution in [2.75, 3.05) is 18.5 Å². The minimum atomic E-state index is 0.388. The van der Waals surface area contributed by atoms with Crippen molar-refractivity contribution in [2.24, 2.45) is 0 Å². The van der Waals surface area contributed by atoms with Crippen LogP contribution in [0.3, 0.4) is 0 Å². The van der Waals surface area contributed by atoms with Gasteiger partial charge in [-0.25, -0.2) is 9.97 Å². The van der Waals surface area contributed by atoms with E-state index < -0.39 is 0 Å². The lowest BCUT2D eigenvalue weighted by atomic mass is 9.95. The minimum Gasteiger partial charge on any atom is -0.381 e. The van der Waals surface area contributed by atoms with Crippen molar-refractivity contribution in [2.45, 2.75) is 57.0 Å². The van der Waals surface area contributed by atoms with Crippen LogP contribution in [0.15, 0.2) is 18.7 Å². The average molecular weight is 328 g/mol. The topological polar surface area (TPSA) is 77.8 Å². The van der Waals surface area contributed by atoms with Gasteiger partial charge in [0, 0.05) is 24.6 Å². The predicted molar refractivity (Wildman–Crippen MR) is 89.7 cm³/mol. The Kier molecular flexibility index (Phi) is 4.69. The molecule has 7 heteroatoms. The zero-order valence-corrected chi connectivity index (χ0v) is 13.9. The van der Waals surface area contributed by atoms with Crippen LogP contribution >= 0.6 is 0 Å². The zero-order valence-electron chi connectivity index (χ0n) is 13.9. The number of aromatic nitrogens is 5. The third-order valence-electron chi connectivity index (χ3n) is 5.08. The molecule has 128 valence electrons. The van der Waals surface area contributed by atoms with Crippen molar-refractivity contribution in [3.8, 4) is 0 Å². The number of rotatable bonds is 5. The summed E-state index contributed by atoms with van der Waals surface area (Å²) in [6.07, 6.45) is 10.9. The van der Waals surface area contributed by atoms with Gasteiger partial charge in [-0.05, 0) is 19.3 Å². The first-order valence-corrected chi connectivity index (χ1v) is 8.92. The number of hydrogen-bond acceptors (Lipinski definition) is 6. The van der Waals surface area contributed by atoms with Gasteiger partial charge in [0.25, 0.3) is 0 Å². The van der Waals surface area contributed by atoms with Crippen LogP contribution in [-0.2, 0) is 11.3 Å². The highest BCUT2D eigenvalue weighted by molar-refractivity contribution is 5.36. The Morgan fingerprint density at radius 3 is 2.92 bits per heavy atom. The second kappa shape index (κ2) is 7.25. The number of hydrogen-bond donors (Lipinski definition) is 1. The van der Waals surface area contributed by atoms with Crippen LogP contribution in [-0.4, -0.2) is 37.9 Å². The van der Waals surface area contributed by atoms with E-state index in [9.17, 15) is 0 Å². The fraction of sp³-hybridized carbons (Fsp3) is 0.647. The molecule has 1 saturated carbocycles. The van der Waals surface area contributed by atoms with E-state index in [0.717, 1.165) is 37.0 Å². The first-order chi connectivity index (χ1) is 11.9. The van der Waals surface area contributed by atoms with Gasteiger partial charge in [0.2, 0.25) is 0 Å².